The van der Waals surface area contributed by atoms with E-state index in [0.29, 0.717) is 12.3 Å². The molecule has 90 valence electrons. The summed E-state index contributed by atoms with van der Waals surface area (Å²) in [6, 6.07) is 3.98. The fourth-order valence-corrected chi connectivity index (χ4v) is 2.38. The molecule has 1 aromatic heterocycles. The fourth-order valence-electron chi connectivity index (χ4n) is 1.07. The maximum absolute atomic E-state index is 12.7. The van der Waals surface area contributed by atoms with Crippen molar-refractivity contribution in [3.63, 3.8) is 0 Å². The highest BCUT2D eigenvalue weighted by Crippen LogP contribution is 2.09. The van der Waals surface area contributed by atoms with E-state index >= 15 is 0 Å². The normalized spacial score (nSPS) is 11.8. The van der Waals surface area contributed by atoms with Crippen molar-refractivity contribution in [2.45, 2.75) is 20.3 Å². The summed E-state index contributed by atoms with van der Waals surface area (Å²) in [7, 11) is -3.43. The van der Waals surface area contributed by atoms with Crippen LogP contribution in [0.15, 0.2) is 18.2 Å². The monoisotopic (exact) mass is 246 g/mol. The molecule has 0 amide bonds. The van der Waals surface area contributed by atoms with E-state index in [2.05, 4.69) is 9.71 Å². The van der Waals surface area contributed by atoms with Crippen molar-refractivity contribution in [1.29, 1.82) is 0 Å². The molecular weight excluding hydrogens is 231 g/mol. The first kappa shape index (κ1) is 12.9. The lowest BCUT2D eigenvalue weighted by atomic mass is 10.2. The van der Waals surface area contributed by atoms with Crippen LogP contribution < -0.4 is 4.72 Å². The minimum Gasteiger partial charge on any atom is -0.267 e. The van der Waals surface area contributed by atoms with Gasteiger partial charge in [0.05, 0.1) is 5.75 Å². The summed E-state index contributed by atoms with van der Waals surface area (Å²) in [6.07, 6.45) is 0.560. The SMILES string of the molecule is CC(C)CCS(=O)(=O)Nc1cccc(F)n1. The number of nitrogens with zero attached hydrogens (tertiary/aromatic N) is 1. The van der Waals surface area contributed by atoms with Gasteiger partial charge in [-0.1, -0.05) is 19.9 Å². The molecule has 1 rings (SSSR count). The number of halogens is 1. The van der Waals surface area contributed by atoms with Crippen LogP contribution in [0.3, 0.4) is 0 Å². The Morgan fingerprint density at radius 3 is 2.69 bits per heavy atom. The Bertz CT molecular complexity index is 446. The number of sulfonamides is 1. The van der Waals surface area contributed by atoms with E-state index in [9.17, 15) is 12.8 Å². The van der Waals surface area contributed by atoms with Gasteiger partial charge in [-0.3, -0.25) is 4.72 Å². The minimum atomic E-state index is -3.43. The third-order valence-corrected chi connectivity index (χ3v) is 3.23. The van der Waals surface area contributed by atoms with E-state index in [4.69, 9.17) is 0 Å². The number of aromatic nitrogens is 1. The molecule has 6 heteroatoms. The molecule has 0 fully saturated rings. The molecule has 0 saturated carbocycles. The summed E-state index contributed by atoms with van der Waals surface area (Å²) >= 11 is 0. The summed E-state index contributed by atoms with van der Waals surface area (Å²) in [6.45, 7) is 3.88. The van der Waals surface area contributed by atoms with Crippen molar-refractivity contribution < 1.29 is 12.8 Å². The molecule has 0 aliphatic carbocycles. The molecule has 0 radical (unpaired) electrons. The molecule has 0 aliphatic rings. The van der Waals surface area contributed by atoms with Gasteiger partial charge in [-0.2, -0.15) is 4.39 Å². The highest BCUT2D eigenvalue weighted by atomic mass is 32.2. The minimum absolute atomic E-state index is 0.0167. The highest BCUT2D eigenvalue weighted by molar-refractivity contribution is 7.92. The number of rotatable bonds is 5. The van der Waals surface area contributed by atoms with Crippen molar-refractivity contribution in [2.24, 2.45) is 5.92 Å². The van der Waals surface area contributed by atoms with Gasteiger partial charge in [-0.25, -0.2) is 13.4 Å². The average molecular weight is 246 g/mol. The maximum Gasteiger partial charge on any atom is 0.233 e. The van der Waals surface area contributed by atoms with E-state index in [1.807, 2.05) is 13.8 Å². The van der Waals surface area contributed by atoms with Crippen LogP contribution in [-0.4, -0.2) is 19.2 Å². The zero-order valence-electron chi connectivity index (χ0n) is 9.27. The van der Waals surface area contributed by atoms with Crippen LogP contribution in [-0.2, 0) is 10.0 Å². The predicted octanol–water partition coefficient (Wildman–Crippen LogP) is 2.01. The Labute approximate surface area is 95.0 Å². The van der Waals surface area contributed by atoms with Crippen molar-refractivity contribution in [3.05, 3.63) is 24.1 Å². The van der Waals surface area contributed by atoms with E-state index < -0.39 is 16.0 Å². The van der Waals surface area contributed by atoms with Gasteiger partial charge in [0.1, 0.15) is 5.82 Å². The van der Waals surface area contributed by atoms with Crippen LogP contribution in [0.1, 0.15) is 20.3 Å². The quantitative estimate of drug-likeness (QED) is 0.808. The second kappa shape index (κ2) is 5.25. The van der Waals surface area contributed by atoms with Crippen LogP contribution in [0, 0.1) is 11.9 Å². The Balaban J connectivity index is 2.66. The molecule has 16 heavy (non-hydrogen) atoms. The van der Waals surface area contributed by atoms with Crippen LogP contribution in [0.2, 0.25) is 0 Å². The first-order chi connectivity index (χ1) is 7.39. The number of hydrogen-bond donors (Lipinski definition) is 1. The summed E-state index contributed by atoms with van der Waals surface area (Å²) in [5, 5.41) is 0. The van der Waals surface area contributed by atoms with Gasteiger partial charge in [-0.05, 0) is 24.5 Å². The van der Waals surface area contributed by atoms with E-state index in [-0.39, 0.29) is 11.6 Å². The lowest BCUT2D eigenvalue weighted by molar-refractivity contribution is 0.576. The van der Waals surface area contributed by atoms with Gasteiger partial charge in [0.15, 0.2) is 0 Å². The van der Waals surface area contributed by atoms with Crippen molar-refractivity contribution >= 4 is 15.8 Å². The van der Waals surface area contributed by atoms with Crippen molar-refractivity contribution in [1.82, 2.24) is 4.98 Å². The molecule has 4 nitrogen and oxygen atoms in total. The maximum atomic E-state index is 12.7. The first-order valence-corrected chi connectivity index (χ1v) is 6.67. The number of anilines is 1. The molecule has 1 aromatic rings. The lowest BCUT2D eigenvalue weighted by Gasteiger charge is -2.08. The molecule has 0 aliphatic heterocycles. The molecule has 0 saturated heterocycles. The lowest BCUT2D eigenvalue weighted by Crippen LogP contribution is -2.18. The van der Waals surface area contributed by atoms with Crippen molar-refractivity contribution in [3.8, 4) is 0 Å². The molecule has 1 heterocycles. The average Bonchev–Trinajstić information content (AvgIpc) is 2.14. The standard InChI is InChI=1S/C10H15FN2O2S/c1-8(2)6-7-16(14,15)13-10-5-3-4-9(11)12-10/h3-5,8H,6-7H2,1-2H3,(H,12,13). The second-order valence-electron chi connectivity index (χ2n) is 3.95. The Hall–Kier alpha value is -1.17. The summed E-state index contributed by atoms with van der Waals surface area (Å²) < 4.78 is 38.0. The van der Waals surface area contributed by atoms with Gasteiger partial charge in [0.2, 0.25) is 16.0 Å². The van der Waals surface area contributed by atoms with Crippen LogP contribution in [0.5, 0.6) is 0 Å². The number of nitrogens with one attached hydrogen (secondary N) is 1. The van der Waals surface area contributed by atoms with Gasteiger partial charge < -0.3 is 0 Å². The molecule has 0 bridgehead atoms. The van der Waals surface area contributed by atoms with Gasteiger partial charge in [0.25, 0.3) is 0 Å². The smallest absolute Gasteiger partial charge is 0.233 e. The van der Waals surface area contributed by atoms with Gasteiger partial charge in [-0.15, -0.1) is 0 Å². The molecule has 0 spiro atoms. The van der Waals surface area contributed by atoms with Crippen LogP contribution in [0.25, 0.3) is 0 Å². The Kier molecular flexibility index (Phi) is 4.23. The van der Waals surface area contributed by atoms with E-state index in [0.717, 1.165) is 6.07 Å². The van der Waals surface area contributed by atoms with Crippen LogP contribution >= 0.6 is 0 Å². The van der Waals surface area contributed by atoms with E-state index in [1.54, 1.807) is 0 Å². The zero-order chi connectivity index (χ0) is 12.2. The zero-order valence-corrected chi connectivity index (χ0v) is 10.1. The molecule has 0 aromatic carbocycles. The second-order valence-corrected chi connectivity index (χ2v) is 5.79. The molecular formula is C10H15FN2O2S. The number of pyridine rings is 1. The fraction of sp³-hybridized carbons (Fsp3) is 0.500. The summed E-state index contributed by atoms with van der Waals surface area (Å²) in [4.78, 5) is 3.43. The summed E-state index contributed by atoms with van der Waals surface area (Å²) in [5.41, 5.74) is 0. The predicted molar refractivity (Wildman–Crippen MR) is 61.1 cm³/mol. The molecule has 1 N–H and O–H groups in total. The van der Waals surface area contributed by atoms with Crippen molar-refractivity contribution in [2.75, 3.05) is 10.5 Å². The Morgan fingerprint density at radius 2 is 2.12 bits per heavy atom. The number of hydrogen-bond acceptors (Lipinski definition) is 3. The third-order valence-electron chi connectivity index (χ3n) is 1.94. The first-order valence-electron chi connectivity index (χ1n) is 5.02. The topological polar surface area (TPSA) is 59.1 Å². The molecule has 0 atom stereocenters. The van der Waals surface area contributed by atoms with E-state index in [1.165, 1.54) is 12.1 Å². The highest BCUT2D eigenvalue weighted by Gasteiger charge is 2.12. The summed E-state index contributed by atoms with van der Waals surface area (Å²) in [5.74, 6) is -0.368. The molecule has 0 unspecified atom stereocenters. The largest absolute Gasteiger partial charge is 0.267 e. The Morgan fingerprint density at radius 1 is 1.44 bits per heavy atom. The van der Waals surface area contributed by atoms with Gasteiger partial charge >= 0.3 is 0 Å². The van der Waals surface area contributed by atoms with Gasteiger partial charge in [0, 0.05) is 0 Å². The third kappa shape index (κ3) is 4.57. The van der Waals surface area contributed by atoms with Crippen LogP contribution in [0.4, 0.5) is 10.2 Å².